The lowest BCUT2D eigenvalue weighted by Gasteiger charge is -2.10. The van der Waals surface area contributed by atoms with E-state index in [-0.39, 0.29) is 0 Å². The van der Waals surface area contributed by atoms with E-state index < -0.39 is 0 Å². The summed E-state index contributed by atoms with van der Waals surface area (Å²) in [6.45, 7) is 6.21. The number of aromatic nitrogens is 3. The average molecular weight is 354 g/mol. The van der Waals surface area contributed by atoms with Gasteiger partial charge in [-0.25, -0.2) is 15.0 Å². The predicted molar refractivity (Wildman–Crippen MR) is 102 cm³/mol. The number of rotatable bonds is 6. The van der Waals surface area contributed by atoms with Gasteiger partial charge in [-0.15, -0.1) is 11.3 Å². The molecule has 0 aliphatic rings. The maximum atomic E-state index is 4.63. The van der Waals surface area contributed by atoms with Crippen LogP contribution in [-0.4, -0.2) is 27.0 Å². The number of pyridine rings is 1. The van der Waals surface area contributed by atoms with E-state index in [9.17, 15) is 0 Å². The summed E-state index contributed by atoms with van der Waals surface area (Å²) in [6, 6.07) is 8.21. The first kappa shape index (κ1) is 17.2. The number of aryl methyl sites for hydroxylation is 1. The zero-order chi connectivity index (χ0) is 17.5. The highest BCUT2D eigenvalue weighted by molar-refractivity contribution is 7.09. The van der Waals surface area contributed by atoms with Crippen molar-refractivity contribution in [3.8, 4) is 5.82 Å². The molecule has 0 amide bonds. The Morgan fingerprint density at radius 1 is 1.24 bits per heavy atom. The third kappa shape index (κ3) is 4.67. The van der Waals surface area contributed by atoms with Gasteiger partial charge in [0.1, 0.15) is 11.6 Å². The molecular weight excluding hydrogens is 332 g/mol. The fraction of sp³-hybridized carbons (Fsp3) is 0.278. The summed E-state index contributed by atoms with van der Waals surface area (Å²) in [4.78, 5) is 14.6. The highest BCUT2D eigenvalue weighted by Crippen LogP contribution is 2.09. The topological polar surface area (TPSA) is 67.1 Å². The van der Waals surface area contributed by atoms with E-state index in [2.05, 4.69) is 50.0 Å². The van der Waals surface area contributed by atoms with Gasteiger partial charge in [0.2, 0.25) is 0 Å². The van der Waals surface area contributed by atoms with E-state index in [0.717, 1.165) is 36.3 Å². The molecule has 3 heterocycles. The molecule has 0 aliphatic heterocycles. The van der Waals surface area contributed by atoms with Crippen LogP contribution in [-0.2, 0) is 13.1 Å². The predicted octanol–water partition coefficient (Wildman–Crippen LogP) is 2.89. The molecule has 0 atom stereocenters. The van der Waals surface area contributed by atoms with Gasteiger partial charge in [-0.1, -0.05) is 12.1 Å². The molecule has 3 rings (SSSR count). The Balaban J connectivity index is 1.62. The molecular formula is C18H22N6S. The van der Waals surface area contributed by atoms with Gasteiger partial charge in [0.05, 0.1) is 13.1 Å². The van der Waals surface area contributed by atoms with Crippen LogP contribution >= 0.6 is 11.3 Å². The Kier molecular flexibility index (Phi) is 5.79. The Morgan fingerprint density at radius 3 is 2.80 bits per heavy atom. The summed E-state index contributed by atoms with van der Waals surface area (Å²) in [6.07, 6.45) is 5.55. The molecule has 0 saturated heterocycles. The van der Waals surface area contributed by atoms with E-state index in [1.54, 1.807) is 17.5 Å². The molecule has 0 aromatic carbocycles. The minimum absolute atomic E-state index is 0.579. The van der Waals surface area contributed by atoms with Crippen LogP contribution in [0.25, 0.3) is 5.82 Å². The first-order valence-corrected chi connectivity index (χ1v) is 9.14. The van der Waals surface area contributed by atoms with Gasteiger partial charge in [-0.3, -0.25) is 4.57 Å². The van der Waals surface area contributed by atoms with E-state index in [0.29, 0.717) is 6.54 Å². The number of imidazole rings is 1. The van der Waals surface area contributed by atoms with Gasteiger partial charge in [-0.2, -0.15) is 0 Å². The lowest BCUT2D eigenvalue weighted by molar-refractivity contribution is 0.822. The minimum atomic E-state index is 0.579. The lowest BCUT2D eigenvalue weighted by atomic mass is 10.3. The third-order valence-corrected chi connectivity index (χ3v) is 4.53. The molecule has 0 unspecified atom stereocenters. The van der Waals surface area contributed by atoms with Gasteiger partial charge in [-0.05, 0) is 36.9 Å². The fourth-order valence-electron chi connectivity index (χ4n) is 2.37. The van der Waals surface area contributed by atoms with Crippen LogP contribution in [0.2, 0.25) is 0 Å². The maximum Gasteiger partial charge on any atom is 0.191 e. The summed E-state index contributed by atoms with van der Waals surface area (Å²) < 4.78 is 1.96. The Bertz CT molecular complexity index is 804. The number of guanidine groups is 1. The summed E-state index contributed by atoms with van der Waals surface area (Å²) in [5.41, 5.74) is 1.06. The van der Waals surface area contributed by atoms with E-state index in [1.165, 1.54) is 4.88 Å². The SMILES string of the molecule is CCNC(=NCc1ccc(-n2ccnc2C)nc1)NCc1cccs1. The summed E-state index contributed by atoms with van der Waals surface area (Å²) in [5.74, 6) is 2.60. The van der Waals surface area contributed by atoms with Crippen molar-refractivity contribution in [2.24, 2.45) is 4.99 Å². The molecule has 25 heavy (non-hydrogen) atoms. The summed E-state index contributed by atoms with van der Waals surface area (Å²) in [7, 11) is 0. The zero-order valence-electron chi connectivity index (χ0n) is 14.4. The van der Waals surface area contributed by atoms with Crippen LogP contribution in [0.3, 0.4) is 0 Å². The number of nitrogens with zero attached hydrogens (tertiary/aromatic N) is 4. The summed E-state index contributed by atoms with van der Waals surface area (Å²) >= 11 is 1.74. The minimum Gasteiger partial charge on any atom is -0.357 e. The van der Waals surface area contributed by atoms with Crippen LogP contribution in [0, 0.1) is 6.92 Å². The second kappa shape index (κ2) is 8.43. The molecule has 0 bridgehead atoms. The molecule has 0 radical (unpaired) electrons. The normalized spacial score (nSPS) is 11.5. The first-order valence-electron chi connectivity index (χ1n) is 8.26. The van der Waals surface area contributed by atoms with Crippen molar-refractivity contribution in [1.82, 2.24) is 25.2 Å². The molecule has 0 saturated carbocycles. The van der Waals surface area contributed by atoms with Crippen LogP contribution in [0.4, 0.5) is 0 Å². The van der Waals surface area contributed by atoms with Gasteiger partial charge in [0.15, 0.2) is 5.96 Å². The van der Waals surface area contributed by atoms with E-state index in [4.69, 9.17) is 0 Å². The van der Waals surface area contributed by atoms with Crippen LogP contribution in [0.15, 0.2) is 53.2 Å². The van der Waals surface area contributed by atoms with Crippen molar-refractivity contribution in [2.75, 3.05) is 6.54 Å². The van der Waals surface area contributed by atoms with Crippen molar-refractivity contribution in [1.29, 1.82) is 0 Å². The third-order valence-electron chi connectivity index (χ3n) is 3.66. The molecule has 0 aliphatic carbocycles. The molecule has 3 aromatic rings. The Morgan fingerprint density at radius 2 is 2.16 bits per heavy atom. The molecule has 6 nitrogen and oxygen atoms in total. The Hall–Kier alpha value is -2.67. The molecule has 0 spiro atoms. The maximum absolute atomic E-state index is 4.63. The van der Waals surface area contributed by atoms with Crippen molar-refractivity contribution in [2.45, 2.75) is 26.9 Å². The molecule has 0 fully saturated rings. The zero-order valence-corrected chi connectivity index (χ0v) is 15.3. The van der Waals surface area contributed by atoms with Crippen LogP contribution in [0.5, 0.6) is 0 Å². The van der Waals surface area contributed by atoms with Crippen molar-refractivity contribution in [3.63, 3.8) is 0 Å². The summed E-state index contributed by atoms with van der Waals surface area (Å²) in [5, 5.41) is 8.70. The van der Waals surface area contributed by atoms with Gasteiger partial charge in [0, 0.05) is 30.0 Å². The van der Waals surface area contributed by atoms with Crippen molar-refractivity contribution >= 4 is 17.3 Å². The van der Waals surface area contributed by atoms with Crippen molar-refractivity contribution < 1.29 is 0 Å². The highest BCUT2D eigenvalue weighted by atomic mass is 32.1. The highest BCUT2D eigenvalue weighted by Gasteiger charge is 2.03. The number of hydrogen-bond donors (Lipinski definition) is 2. The monoisotopic (exact) mass is 354 g/mol. The molecule has 2 N–H and O–H groups in total. The van der Waals surface area contributed by atoms with Crippen molar-refractivity contribution in [3.05, 3.63) is 64.5 Å². The smallest absolute Gasteiger partial charge is 0.191 e. The Labute approximate surface area is 151 Å². The molecule has 7 heteroatoms. The number of hydrogen-bond acceptors (Lipinski definition) is 4. The van der Waals surface area contributed by atoms with Crippen LogP contribution < -0.4 is 10.6 Å². The number of aliphatic imine (C=N–C) groups is 1. The second-order valence-corrected chi connectivity index (χ2v) is 6.53. The fourth-order valence-corrected chi connectivity index (χ4v) is 3.01. The van der Waals surface area contributed by atoms with Gasteiger partial charge >= 0.3 is 0 Å². The number of nitrogens with one attached hydrogen (secondary N) is 2. The molecule has 3 aromatic heterocycles. The second-order valence-electron chi connectivity index (χ2n) is 5.50. The number of thiophene rings is 1. The van der Waals surface area contributed by atoms with Crippen LogP contribution in [0.1, 0.15) is 23.2 Å². The van der Waals surface area contributed by atoms with Gasteiger partial charge < -0.3 is 10.6 Å². The van der Waals surface area contributed by atoms with E-state index in [1.807, 2.05) is 36.0 Å². The van der Waals surface area contributed by atoms with Gasteiger partial charge in [0.25, 0.3) is 0 Å². The molecule has 130 valence electrons. The standard InChI is InChI=1S/C18H22N6S/c1-3-19-18(23-13-16-5-4-10-25-16)22-12-15-6-7-17(21-11-15)24-9-8-20-14(24)2/h4-11H,3,12-13H2,1-2H3,(H2,19,22,23). The first-order chi connectivity index (χ1) is 12.3. The van der Waals surface area contributed by atoms with E-state index >= 15 is 0 Å². The quantitative estimate of drug-likeness (QED) is 0.528. The average Bonchev–Trinajstić information content (AvgIpc) is 3.29. The largest absolute Gasteiger partial charge is 0.357 e. The lowest BCUT2D eigenvalue weighted by Crippen LogP contribution is -2.36.